The second kappa shape index (κ2) is 25.1. The molecule has 0 saturated carbocycles. The fraction of sp³-hybridized carbons (Fsp3) is 0.667. The average molecular weight is 845 g/mol. The summed E-state index contributed by atoms with van der Waals surface area (Å²) in [4.78, 5) is 64.5. The van der Waals surface area contributed by atoms with Gasteiger partial charge in [0.05, 0.1) is 12.2 Å². The molecule has 60 heavy (non-hydrogen) atoms. The zero-order valence-corrected chi connectivity index (χ0v) is 35.6. The van der Waals surface area contributed by atoms with Crippen LogP contribution in [0, 0.1) is 0 Å². The Bertz CT molecular complexity index is 1590. The highest BCUT2D eigenvalue weighted by Gasteiger charge is 2.55. The van der Waals surface area contributed by atoms with E-state index in [9.17, 15) is 34.2 Å². The molecule has 3 aliphatic heterocycles. The lowest BCUT2D eigenvalue weighted by atomic mass is 9.96. The molecule has 0 spiro atoms. The van der Waals surface area contributed by atoms with Crippen molar-refractivity contribution in [2.24, 2.45) is 0 Å². The van der Waals surface area contributed by atoms with Crippen LogP contribution in [0.1, 0.15) is 124 Å². The number of hydrogen-bond donors (Lipinski definition) is 2. The minimum atomic E-state index is -1.87. The molecule has 1 aromatic carbocycles. The molecule has 15 heteroatoms. The Morgan fingerprint density at radius 3 is 2.25 bits per heavy atom. The van der Waals surface area contributed by atoms with Gasteiger partial charge in [-0.1, -0.05) is 81.9 Å². The molecule has 3 heterocycles. The minimum absolute atomic E-state index is 0.0518. The van der Waals surface area contributed by atoms with Gasteiger partial charge < -0.3 is 48.1 Å². The molecule has 2 bridgehead atoms. The molecule has 0 aromatic heterocycles. The van der Waals surface area contributed by atoms with E-state index in [0.29, 0.717) is 24.8 Å². The second-order valence-electron chi connectivity index (χ2n) is 15.7. The molecule has 3 saturated heterocycles. The van der Waals surface area contributed by atoms with Gasteiger partial charge in [-0.3, -0.25) is 14.4 Å². The number of aliphatic hydroxyl groups excluding tert-OH is 2. The molecule has 3 fully saturated rings. The van der Waals surface area contributed by atoms with E-state index in [1.807, 2.05) is 6.07 Å². The highest BCUT2D eigenvalue weighted by atomic mass is 16.8. The first-order valence-electron chi connectivity index (χ1n) is 21.4. The number of carbonyl (C=O) groups excluding carboxylic acids is 5. The summed E-state index contributed by atoms with van der Waals surface area (Å²) < 4.78 is 48.2. The molecule has 11 unspecified atom stereocenters. The van der Waals surface area contributed by atoms with Crippen molar-refractivity contribution in [3.05, 3.63) is 53.6 Å². The number of cyclic esters (lactones) is 1. The molecule has 0 radical (unpaired) electrons. The van der Waals surface area contributed by atoms with Crippen molar-refractivity contribution in [3.63, 3.8) is 0 Å². The normalized spacial score (nSPS) is 31.9. The number of esters is 4. The molecule has 15 nitrogen and oxygen atoms in total. The molecule has 1 aromatic rings. The maximum atomic E-state index is 13.4. The van der Waals surface area contributed by atoms with E-state index in [1.54, 1.807) is 38.1 Å². The Hall–Kier alpha value is -3.99. The fourth-order valence-electron chi connectivity index (χ4n) is 7.35. The average Bonchev–Trinajstić information content (AvgIpc) is 3.22. The van der Waals surface area contributed by atoms with E-state index in [2.05, 4.69) is 6.92 Å². The number of allylic oxidation sites excluding steroid dienone is 1. The first-order chi connectivity index (χ1) is 28.8. The Morgan fingerprint density at radius 1 is 0.800 bits per heavy atom. The molecular formula is C45H64O15. The van der Waals surface area contributed by atoms with Crippen molar-refractivity contribution in [1.29, 1.82) is 0 Å². The van der Waals surface area contributed by atoms with Crippen molar-refractivity contribution in [2.75, 3.05) is 6.61 Å². The van der Waals surface area contributed by atoms with Crippen molar-refractivity contribution in [2.45, 2.75) is 186 Å². The van der Waals surface area contributed by atoms with Crippen LogP contribution in [0.15, 0.2) is 48.1 Å². The number of aliphatic hydroxyl groups is 2. The number of rotatable bonds is 10. The van der Waals surface area contributed by atoms with Crippen LogP contribution in [-0.4, -0.2) is 114 Å². The lowest BCUT2D eigenvalue weighted by Gasteiger charge is -2.47. The van der Waals surface area contributed by atoms with Crippen molar-refractivity contribution >= 4 is 35.7 Å². The van der Waals surface area contributed by atoms with Crippen LogP contribution in [0.4, 0.5) is 0 Å². The summed E-state index contributed by atoms with van der Waals surface area (Å²) in [5.74, 6) is -3.02. The summed E-state index contributed by atoms with van der Waals surface area (Å²) in [6.45, 7) is 7.50. The number of carbonyl (C=O) groups is 5. The summed E-state index contributed by atoms with van der Waals surface area (Å²) in [7, 11) is 0. The molecule has 3 aliphatic rings. The number of hydrogen-bond acceptors (Lipinski definition) is 15. The van der Waals surface area contributed by atoms with Gasteiger partial charge in [0.15, 0.2) is 30.9 Å². The molecule has 2 N–H and O–H groups in total. The highest BCUT2D eigenvalue weighted by molar-refractivity contribution is 5.88. The van der Waals surface area contributed by atoms with Gasteiger partial charge in [-0.25, -0.2) is 9.59 Å². The quantitative estimate of drug-likeness (QED) is 0.128. The Labute approximate surface area is 353 Å². The number of ketones is 1. The summed E-state index contributed by atoms with van der Waals surface area (Å²) >= 11 is 0. The van der Waals surface area contributed by atoms with Gasteiger partial charge in [-0.2, -0.15) is 0 Å². The topological polar surface area (TPSA) is 200 Å². The largest absolute Gasteiger partial charge is 0.463 e. The number of ether oxygens (including phenoxy) is 8. The van der Waals surface area contributed by atoms with E-state index in [4.69, 9.17) is 37.9 Å². The Kier molecular flexibility index (Phi) is 20.3. The zero-order valence-electron chi connectivity index (χ0n) is 35.6. The molecule has 0 amide bonds. The highest BCUT2D eigenvalue weighted by Crippen LogP contribution is 2.34. The predicted molar refractivity (Wildman–Crippen MR) is 217 cm³/mol. The van der Waals surface area contributed by atoms with E-state index in [-0.39, 0.29) is 36.7 Å². The summed E-state index contributed by atoms with van der Waals surface area (Å²) in [6.07, 6.45) is -2.52. The first-order valence-corrected chi connectivity index (χ1v) is 21.4. The van der Waals surface area contributed by atoms with Gasteiger partial charge in [-0.05, 0) is 58.1 Å². The van der Waals surface area contributed by atoms with Crippen molar-refractivity contribution < 1.29 is 72.1 Å². The van der Waals surface area contributed by atoms with Gasteiger partial charge in [0.1, 0.15) is 36.8 Å². The van der Waals surface area contributed by atoms with Gasteiger partial charge in [0, 0.05) is 37.8 Å². The van der Waals surface area contributed by atoms with Crippen LogP contribution in [-0.2, 0) is 61.9 Å². The summed E-state index contributed by atoms with van der Waals surface area (Å²) in [5.41, 5.74) is 0.873. The van der Waals surface area contributed by atoms with Gasteiger partial charge in [0.2, 0.25) is 0 Å². The van der Waals surface area contributed by atoms with E-state index in [0.717, 1.165) is 51.0 Å². The Morgan fingerprint density at radius 2 is 1.53 bits per heavy atom. The third kappa shape index (κ3) is 15.2. The van der Waals surface area contributed by atoms with Crippen LogP contribution in [0.2, 0.25) is 0 Å². The molecule has 0 aliphatic carbocycles. The SMILES string of the molecule is C/C=C(\C)C(=O)OC1C(O)C2OC(COC(=O)CCCC(=O)CCCCCCC(CCCCC)OC3OC(C)C(OC(C)=O)C(O)C3O2)C1OC(=O)C=Cc1ccccc1. The zero-order chi connectivity index (χ0) is 43.6. The third-order valence-electron chi connectivity index (χ3n) is 10.9. The van der Waals surface area contributed by atoms with Crippen LogP contribution in [0.25, 0.3) is 6.08 Å². The van der Waals surface area contributed by atoms with Crippen LogP contribution < -0.4 is 0 Å². The predicted octanol–water partition coefficient (Wildman–Crippen LogP) is 5.60. The summed E-state index contributed by atoms with van der Waals surface area (Å²) in [6, 6.07) is 8.94. The third-order valence-corrected chi connectivity index (χ3v) is 10.9. The number of unbranched alkanes of at least 4 members (excludes halogenated alkanes) is 2. The van der Waals surface area contributed by atoms with Gasteiger partial charge >= 0.3 is 23.9 Å². The lowest BCUT2D eigenvalue weighted by Crippen LogP contribution is -2.65. The first kappa shape index (κ1) is 48.7. The Balaban J connectivity index is 1.74. The van der Waals surface area contributed by atoms with E-state index in [1.165, 1.54) is 26.0 Å². The fourth-order valence-corrected chi connectivity index (χ4v) is 7.35. The van der Waals surface area contributed by atoms with E-state index >= 15 is 0 Å². The number of Topliss-reactive ketones (excluding diaryl/α,β-unsaturated/α-hetero) is 1. The number of benzene rings is 1. The van der Waals surface area contributed by atoms with Crippen molar-refractivity contribution in [1.82, 2.24) is 0 Å². The van der Waals surface area contributed by atoms with Crippen LogP contribution in [0.3, 0.4) is 0 Å². The van der Waals surface area contributed by atoms with Crippen LogP contribution >= 0.6 is 0 Å². The summed E-state index contributed by atoms with van der Waals surface area (Å²) in [5, 5.41) is 23.8. The monoisotopic (exact) mass is 844 g/mol. The lowest BCUT2D eigenvalue weighted by molar-refractivity contribution is -0.369. The standard InChI is InChI=1S/C45H64O15/c1-6-8-12-22-33-23-16-10-9-15-20-32(47)21-17-24-35(48)53-27-34-40(58-36(49)26-25-31-18-13-11-14-19-31)41(59-43(52)28(3)7-2)38(51)44(57-34)60-42-37(50)39(55-30(5)46)29(4)54-45(42)56-33/h7,11,13-14,18-19,25-26,29,33-34,37-42,44-45,50-51H,6,8-10,12,15-17,20-24,27H2,1-5H3/b26-25?,28-7+. The molecule has 4 rings (SSSR count). The van der Waals surface area contributed by atoms with E-state index < -0.39 is 91.9 Å². The van der Waals surface area contributed by atoms with Gasteiger partial charge in [0.25, 0.3) is 0 Å². The maximum Gasteiger partial charge on any atom is 0.333 e. The molecule has 11 atom stereocenters. The van der Waals surface area contributed by atoms with Crippen LogP contribution in [0.5, 0.6) is 0 Å². The van der Waals surface area contributed by atoms with Crippen molar-refractivity contribution in [3.8, 4) is 0 Å². The number of fused-ring (bicyclic) bond motifs is 3. The molecule has 334 valence electrons. The second-order valence-corrected chi connectivity index (χ2v) is 15.7. The van der Waals surface area contributed by atoms with Gasteiger partial charge in [-0.15, -0.1) is 0 Å². The maximum absolute atomic E-state index is 13.4. The smallest absolute Gasteiger partial charge is 0.333 e. The minimum Gasteiger partial charge on any atom is -0.463 e. The molecular weight excluding hydrogens is 780 g/mol.